The van der Waals surface area contributed by atoms with Gasteiger partial charge >= 0.3 is 0 Å². The first-order valence-electron chi connectivity index (χ1n) is 7.82. The number of rotatable bonds is 3. The van der Waals surface area contributed by atoms with Gasteiger partial charge in [0.15, 0.2) is 11.6 Å². The fourth-order valence-electron chi connectivity index (χ4n) is 3.02. The minimum Gasteiger partial charge on any atom is -0.268 e. The third-order valence-electron chi connectivity index (χ3n) is 4.39. The van der Waals surface area contributed by atoms with Crippen molar-refractivity contribution in [3.05, 3.63) is 69.7 Å². The van der Waals surface area contributed by atoms with Gasteiger partial charge in [0.25, 0.3) is 0 Å². The first-order chi connectivity index (χ1) is 12.0. The highest BCUT2D eigenvalue weighted by Crippen LogP contribution is 2.30. The van der Waals surface area contributed by atoms with Crippen LogP contribution >= 0.6 is 11.3 Å². The maximum atomic E-state index is 13.9. The number of fused-ring (bicyclic) bond motifs is 1. The van der Waals surface area contributed by atoms with Crippen molar-refractivity contribution in [2.24, 2.45) is 7.05 Å². The Bertz CT molecular complexity index is 1080. The zero-order chi connectivity index (χ0) is 17.6. The molecule has 0 N–H and O–H groups in total. The van der Waals surface area contributed by atoms with Gasteiger partial charge in [-0.15, -0.1) is 0 Å². The molecule has 1 aromatic carbocycles. The van der Waals surface area contributed by atoms with Crippen LogP contribution in [0, 0.1) is 18.6 Å². The van der Waals surface area contributed by atoms with E-state index in [0.717, 1.165) is 22.9 Å². The van der Waals surface area contributed by atoms with Crippen LogP contribution in [0.5, 0.6) is 0 Å². The lowest BCUT2D eigenvalue weighted by molar-refractivity contribution is 0.515. The molecule has 3 heterocycles. The lowest BCUT2D eigenvalue weighted by Gasteiger charge is -2.10. The van der Waals surface area contributed by atoms with Crippen LogP contribution in [0.3, 0.4) is 0 Å². The topological polar surface area (TPSA) is 30.7 Å². The zero-order valence-electron chi connectivity index (χ0n) is 13.8. The van der Waals surface area contributed by atoms with Gasteiger partial charge in [0.1, 0.15) is 5.52 Å². The number of thiophene rings is 1. The van der Waals surface area contributed by atoms with E-state index in [4.69, 9.17) is 0 Å². The Hall–Kier alpha value is -2.60. The first kappa shape index (κ1) is 15.9. The smallest absolute Gasteiger partial charge is 0.184 e. The molecule has 126 valence electrons. The summed E-state index contributed by atoms with van der Waals surface area (Å²) in [6, 6.07) is 6.59. The van der Waals surface area contributed by atoms with E-state index in [9.17, 15) is 8.78 Å². The standard InChI is InChI=1S/C19H15F2N3S/c1-11-13(7-12-3-4-16(20)18(21)19(12)23-11)8-14-9-25-10-15(14)17-5-6-22-24(17)2/h3-7,9-10H,8H2,1-2H3. The minimum absolute atomic E-state index is 0.0819. The lowest BCUT2D eigenvalue weighted by atomic mass is 10.00. The minimum atomic E-state index is -0.891. The normalized spacial score (nSPS) is 11.4. The maximum Gasteiger partial charge on any atom is 0.184 e. The molecule has 6 heteroatoms. The van der Waals surface area contributed by atoms with Crippen molar-refractivity contribution < 1.29 is 8.78 Å². The molecule has 0 spiro atoms. The second kappa shape index (κ2) is 6.04. The van der Waals surface area contributed by atoms with E-state index in [1.165, 1.54) is 5.56 Å². The molecule has 0 saturated carbocycles. The molecule has 0 aliphatic rings. The fourth-order valence-corrected chi connectivity index (χ4v) is 3.87. The van der Waals surface area contributed by atoms with Gasteiger partial charge in [0, 0.05) is 41.7 Å². The number of nitrogens with zero attached hydrogens (tertiary/aromatic N) is 3. The largest absolute Gasteiger partial charge is 0.268 e. The number of hydrogen-bond acceptors (Lipinski definition) is 3. The second-order valence-electron chi connectivity index (χ2n) is 5.99. The third-order valence-corrected chi connectivity index (χ3v) is 5.19. The summed E-state index contributed by atoms with van der Waals surface area (Å²) in [7, 11) is 1.91. The van der Waals surface area contributed by atoms with Gasteiger partial charge < -0.3 is 0 Å². The molecule has 4 rings (SSSR count). The SMILES string of the molecule is Cc1nc2c(F)c(F)ccc2cc1Cc1cscc1-c1ccnn1C. The molecule has 3 aromatic heterocycles. The highest BCUT2D eigenvalue weighted by molar-refractivity contribution is 7.08. The average molecular weight is 355 g/mol. The van der Waals surface area contributed by atoms with E-state index in [0.29, 0.717) is 17.5 Å². The molecule has 0 radical (unpaired) electrons. The van der Waals surface area contributed by atoms with E-state index in [-0.39, 0.29) is 5.52 Å². The van der Waals surface area contributed by atoms with Gasteiger partial charge in [0.2, 0.25) is 0 Å². The van der Waals surface area contributed by atoms with E-state index in [2.05, 4.69) is 20.8 Å². The van der Waals surface area contributed by atoms with E-state index in [1.807, 2.05) is 30.8 Å². The Labute approximate surface area is 147 Å². The van der Waals surface area contributed by atoms with Crippen LogP contribution in [0.15, 0.2) is 41.2 Å². The highest BCUT2D eigenvalue weighted by atomic mass is 32.1. The molecule has 0 aliphatic heterocycles. The molecule has 0 aliphatic carbocycles. The molecule has 0 bridgehead atoms. The van der Waals surface area contributed by atoms with Crippen LogP contribution in [0.2, 0.25) is 0 Å². The summed E-state index contributed by atoms with van der Waals surface area (Å²) in [6.45, 7) is 1.83. The van der Waals surface area contributed by atoms with Crippen molar-refractivity contribution in [2.75, 3.05) is 0 Å². The van der Waals surface area contributed by atoms with E-state index >= 15 is 0 Å². The summed E-state index contributed by atoms with van der Waals surface area (Å²) >= 11 is 1.64. The van der Waals surface area contributed by atoms with Crippen molar-refractivity contribution in [3.63, 3.8) is 0 Å². The van der Waals surface area contributed by atoms with Gasteiger partial charge in [0.05, 0.1) is 5.69 Å². The predicted octanol–water partition coefficient (Wildman–Crippen LogP) is 4.87. The Morgan fingerprint density at radius 2 is 1.96 bits per heavy atom. The Kier molecular flexibility index (Phi) is 3.84. The number of pyridine rings is 1. The molecule has 0 amide bonds. The Balaban J connectivity index is 1.78. The number of aromatic nitrogens is 3. The van der Waals surface area contributed by atoms with Crippen molar-refractivity contribution in [1.82, 2.24) is 14.8 Å². The number of benzene rings is 1. The van der Waals surface area contributed by atoms with Crippen LogP contribution in [0.25, 0.3) is 22.2 Å². The van der Waals surface area contributed by atoms with Crippen molar-refractivity contribution in [1.29, 1.82) is 0 Å². The molecule has 0 saturated heterocycles. The summed E-state index contributed by atoms with van der Waals surface area (Å²) in [4.78, 5) is 4.30. The van der Waals surface area contributed by atoms with Crippen LogP contribution < -0.4 is 0 Å². The van der Waals surface area contributed by atoms with Gasteiger partial charge in [-0.2, -0.15) is 16.4 Å². The molecule has 25 heavy (non-hydrogen) atoms. The number of halogens is 2. The van der Waals surface area contributed by atoms with Crippen molar-refractivity contribution in [2.45, 2.75) is 13.3 Å². The monoisotopic (exact) mass is 355 g/mol. The van der Waals surface area contributed by atoms with Gasteiger partial charge in [-0.25, -0.2) is 13.8 Å². The second-order valence-corrected chi connectivity index (χ2v) is 6.74. The molecule has 0 atom stereocenters. The average Bonchev–Trinajstić information content (AvgIpc) is 3.21. The summed E-state index contributed by atoms with van der Waals surface area (Å²) < 4.78 is 29.2. The Morgan fingerprint density at radius 1 is 1.12 bits per heavy atom. The van der Waals surface area contributed by atoms with E-state index in [1.54, 1.807) is 23.6 Å². The molecule has 0 unspecified atom stereocenters. The Morgan fingerprint density at radius 3 is 2.72 bits per heavy atom. The summed E-state index contributed by atoms with van der Waals surface area (Å²) in [6.07, 6.45) is 2.45. The lowest BCUT2D eigenvalue weighted by Crippen LogP contribution is -1.99. The van der Waals surface area contributed by atoms with Gasteiger partial charge in [-0.05, 0) is 47.7 Å². The van der Waals surface area contributed by atoms with Crippen molar-refractivity contribution in [3.8, 4) is 11.3 Å². The van der Waals surface area contributed by atoms with Crippen LogP contribution in [0.4, 0.5) is 8.78 Å². The molecule has 4 aromatic rings. The van der Waals surface area contributed by atoms with Crippen LogP contribution in [-0.2, 0) is 13.5 Å². The summed E-state index contributed by atoms with van der Waals surface area (Å²) in [5.74, 6) is -1.76. The third kappa shape index (κ3) is 2.72. The van der Waals surface area contributed by atoms with Gasteiger partial charge in [-0.1, -0.05) is 0 Å². The molecular formula is C19H15F2N3S. The molecule has 0 fully saturated rings. The number of hydrogen-bond donors (Lipinski definition) is 0. The predicted molar refractivity (Wildman–Crippen MR) is 95.7 cm³/mol. The van der Waals surface area contributed by atoms with Crippen LogP contribution in [-0.4, -0.2) is 14.8 Å². The quantitative estimate of drug-likeness (QED) is 0.525. The number of aryl methyl sites for hydroxylation is 2. The maximum absolute atomic E-state index is 13.9. The fraction of sp³-hybridized carbons (Fsp3) is 0.158. The summed E-state index contributed by atoms with van der Waals surface area (Å²) in [5, 5.41) is 9.05. The first-order valence-corrected chi connectivity index (χ1v) is 8.76. The van der Waals surface area contributed by atoms with Crippen molar-refractivity contribution >= 4 is 22.2 Å². The van der Waals surface area contributed by atoms with E-state index < -0.39 is 11.6 Å². The van der Waals surface area contributed by atoms with Gasteiger partial charge in [-0.3, -0.25) is 4.68 Å². The molecular weight excluding hydrogens is 340 g/mol. The highest BCUT2D eigenvalue weighted by Gasteiger charge is 2.14. The molecule has 3 nitrogen and oxygen atoms in total. The summed E-state index contributed by atoms with van der Waals surface area (Å²) in [5.41, 5.74) is 5.14. The zero-order valence-corrected chi connectivity index (χ0v) is 14.6. The van der Waals surface area contributed by atoms with Crippen LogP contribution in [0.1, 0.15) is 16.8 Å².